The molecule has 0 aliphatic carbocycles. The first-order valence-corrected chi connectivity index (χ1v) is 5.57. The van der Waals surface area contributed by atoms with Crippen molar-refractivity contribution in [3.63, 3.8) is 0 Å². The average Bonchev–Trinajstić information content (AvgIpc) is 2.25. The van der Waals surface area contributed by atoms with Crippen molar-refractivity contribution in [1.29, 1.82) is 0 Å². The van der Waals surface area contributed by atoms with Gasteiger partial charge in [-0.25, -0.2) is 0 Å². The summed E-state index contributed by atoms with van der Waals surface area (Å²) < 4.78 is 0. The van der Waals surface area contributed by atoms with Gasteiger partial charge in [-0.05, 0) is 50.3 Å². The van der Waals surface area contributed by atoms with Crippen LogP contribution in [-0.2, 0) is 25.5 Å². The summed E-state index contributed by atoms with van der Waals surface area (Å²) >= 11 is 0. The van der Waals surface area contributed by atoms with Crippen LogP contribution in [0.2, 0.25) is 0 Å². The van der Waals surface area contributed by atoms with E-state index in [-0.39, 0.29) is 0 Å². The van der Waals surface area contributed by atoms with Crippen molar-refractivity contribution in [3.8, 4) is 0 Å². The minimum Gasteiger partial charge on any atom is -0.198 e. The predicted octanol–water partition coefficient (Wildman–Crippen LogP) is 3.53. The molecule has 17 heavy (non-hydrogen) atoms. The largest absolute Gasteiger partial charge is 0.198 e. The zero-order chi connectivity index (χ0) is 12.9. The minimum absolute atomic E-state index is 0.444. The van der Waals surface area contributed by atoms with E-state index in [0.717, 1.165) is 5.56 Å². The molecule has 0 radical (unpaired) electrons. The molecule has 0 unspecified atom stereocenters. The summed E-state index contributed by atoms with van der Waals surface area (Å²) in [5, 5.41) is 9.14. The van der Waals surface area contributed by atoms with Gasteiger partial charge in [0.2, 0.25) is 0 Å². The van der Waals surface area contributed by atoms with Crippen LogP contribution >= 0.6 is 0 Å². The second-order valence-electron chi connectivity index (χ2n) is 5.29. The van der Waals surface area contributed by atoms with E-state index in [0.29, 0.717) is 0 Å². The lowest BCUT2D eigenvalue weighted by molar-refractivity contribution is -0.664. The molecule has 4 heteroatoms. The molecular formula is C13H20O4. The number of hydrogen-bond donors (Lipinski definition) is 0. The third-order valence-electron chi connectivity index (χ3n) is 2.02. The maximum atomic E-state index is 5.16. The quantitative estimate of drug-likeness (QED) is 0.448. The lowest BCUT2D eigenvalue weighted by Crippen LogP contribution is -2.24. The first kappa shape index (κ1) is 14.1. The average molecular weight is 240 g/mol. The highest BCUT2D eigenvalue weighted by Gasteiger charge is 2.24. The number of hydrogen-bond acceptors (Lipinski definition) is 4. The van der Waals surface area contributed by atoms with Gasteiger partial charge in [0.05, 0.1) is 5.60 Å². The van der Waals surface area contributed by atoms with Gasteiger partial charge in [-0.2, -0.15) is 9.78 Å². The molecule has 0 spiro atoms. The van der Waals surface area contributed by atoms with Crippen LogP contribution in [0.4, 0.5) is 0 Å². The molecule has 1 rings (SSSR count). The topological polar surface area (TPSA) is 36.9 Å². The zero-order valence-corrected chi connectivity index (χ0v) is 11.0. The van der Waals surface area contributed by atoms with Crippen LogP contribution in [0, 0.1) is 0 Å². The lowest BCUT2D eigenvalue weighted by atomic mass is 9.99. The molecule has 0 saturated carbocycles. The Bertz CT molecular complexity index is 327. The molecule has 1 aromatic rings. The first-order chi connectivity index (χ1) is 7.81. The van der Waals surface area contributed by atoms with E-state index in [9.17, 15) is 0 Å². The molecular weight excluding hydrogens is 220 g/mol. The van der Waals surface area contributed by atoms with E-state index in [1.165, 1.54) is 0 Å². The highest BCUT2D eigenvalue weighted by Crippen LogP contribution is 2.24. The van der Waals surface area contributed by atoms with Crippen molar-refractivity contribution in [1.82, 2.24) is 0 Å². The summed E-state index contributed by atoms with van der Waals surface area (Å²) in [5.74, 6) is 0. The Morgan fingerprint density at radius 3 is 1.82 bits per heavy atom. The Labute approximate surface area is 102 Å². The molecule has 0 saturated heterocycles. The predicted molar refractivity (Wildman–Crippen MR) is 63.6 cm³/mol. The maximum Gasteiger partial charge on any atom is 0.126 e. The highest BCUT2D eigenvalue weighted by molar-refractivity contribution is 5.20. The van der Waals surface area contributed by atoms with Crippen LogP contribution in [0.3, 0.4) is 0 Å². The second-order valence-corrected chi connectivity index (χ2v) is 5.29. The van der Waals surface area contributed by atoms with Gasteiger partial charge >= 0.3 is 0 Å². The first-order valence-electron chi connectivity index (χ1n) is 5.57. The van der Waals surface area contributed by atoms with Crippen LogP contribution in [-0.4, -0.2) is 5.60 Å². The van der Waals surface area contributed by atoms with Crippen molar-refractivity contribution in [3.05, 3.63) is 35.9 Å². The monoisotopic (exact) mass is 240 g/mol. The molecule has 0 aliphatic rings. The van der Waals surface area contributed by atoms with Gasteiger partial charge in [0.25, 0.3) is 0 Å². The van der Waals surface area contributed by atoms with E-state index in [4.69, 9.17) is 9.78 Å². The van der Waals surface area contributed by atoms with Gasteiger partial charge in [-0.3, -0.25) is 0 Å². The zero-order valence-electron chi connectivity index (χ0n) is 11.0. The van der Waals surface area contributed by atoms with Crippen molar-refractivity contribution in [2.45, 2.75) is 45.8 Å². The van der Waals surface area contributed by atoms with Gasteiger partial charge < -0.3 is 0 Å². The van der Waals surface area contributed by atoms with Gasteiger partial charge in [0.15, 0.2) is 0 Å². The molecule has 0 heterocycles. The second kappa shape index (κ2) is 5.60. The lowest BCUT2D eigenvalue weighted by Gasteiger charge is -2.23. The molecule has 0 fully saturated rings. The molecule has 0 atom stereocenters. The van der Waals surface area contributed by atoms with Crippen molar-refractivity contribution >= 4 is 0 Å². The molecule has 0 aromatic heterocycles. The minimum atomic E-state index is -0.609. The van der Waals surface area contributed by atoms with Gasteiger partial charge in [-0.1, -0.05) is 30.3 Å². The third kappa shape index (κ3) is 5.28. The summed E-state index contributed by atoms with van der Waals surface area (Å²) in [7, 11) is 0. The summed E-state index contributed by atoms with van der Waals surface area (Å²) in [4.78, 5) is 10.1. The Balaban J connectivity index is 2.41. The molecule has 0 amide bonds. The van der Waals surface area contributed by atoms with Crippen LogP contribution in [0.1, 0.15) is 40.2 Å². The number of rotatable bonds is 5. The Kier molecular flexibility index (Phi) is 4.65. The van der Waals surface area contributed by atoms with Crippen molar-refractivity contribution in [2.75, 3.05) is 0 Å². The smallest absolute Gasteiger partial charge is 0.126 e. The molecule has 0 N–H and O–H groups in total. The van der Waals surface area contributed by atoms with Crippen LogP contribution in [0.25, 0.3) is 0 Å². The van der Waals surface area contributed by atoms with E-state index < -0.39 is 11.2 Å². The maximum absolute atomic E-state index is 5.16. The highest BCUT2D eigenvalue weighted by atomic mass is 17.7. The Hall–Kier alpha value is -0.940. The Morgan fingerprint density at radius 1 is 0.765 bits per heavy atom. The van der Waals surface area contributed by atoms with E-state index in [2.05, 4.69) is 10.1 Å². The molecule has 0 aliphatic heterocycles. The molecule has 0 bridgehead atoms. The molecule has 1 aromatic carbocycles. The molecule has 4 nitrogen and oxygen atoms in total. The van der Waals surface area contributed by atoms with Crippen LogP contribution in [0.15, 0.2) is 30.3 Å². The molecule has 96 valence electrons. The summed E-state index contributed by atoms with van der Waals surface area (Å²) in [6.07, 6.45) is 0. The van der Waals surface area contributed by atoms with E-state index in [1.54, 1.807) is 0 Å². The fourth-order valence-electron chi connectivity index (χ4n) is 1.10. The van der Waals surface area contributed by atoms with E-state index >= 15 is 0 Å². The van der Waals surface area contributed by atoms with Crippen LogP contribution < -0.4 is 0 Å². The van der Waals surface area contributed by atoms with Crippen molar-refractivity contribution < 1.29 is 19.9 Å². The van der Waals surface area contributed by atoms with E-state index in [1.807, 2.05) is 65.0 Å². The summed E-state index contributed by atoms with van der Waals surface area (Å²) in [6, 6.07) is 9.72. The fourth-order valence-corrected chi connectivity index (χ4v) is 1.10. The van der Waals surface area contributed by atoms with Gasteiger partial charge in [-0.15, -0.1) is 0 Å². The van der Waals surface area contributed by atoms with Crippen LogP contribution in [0.5, 0.6) is 0 Å². The third-order valence-corrected chi connectivity index (χ3v) is 2.02. The Morgan fingerprint density at radius 2 is 1.29 bits per heavy atom. The van der Waals surface area contributed by atoms with Gasteiger partial charge in [0.1, 0.15) is 5.60 Å². The standard InChI is InChI=1S/C13H20O4/c1-12(2,3)14-16-17-15-13(4,5)11-9-7-6-8-10-11/h6-10H,1-5H3. The SMILES string of the molecule is CC(C)(C)OOOOC(C)(C)c1ccccc1. The summed E-state index contributed by atoms with van der Waals surface area (Å²) in [6.45, 7) is 9.29. The normalized spacial score (nSPS) is 12.8. The fraction of sp³-hybridized carbons (Fsp3) is 0.538. The summed E-state index contributed by atoms with van der Waals surface area (Å²) in [5.41, 5.74) is -0.0673. The van der Waals surface area contributed by atoms with Crippen molar-refractivity contribution in [2.24, 2.45) is 0 Å². The number of benzene rings is 1. The van der Waals surface area contributed by atoms with Gasteiger partial charge in [0, 0.05) is 0 Å².